The van der Waals surface area contributed by atoms with Crippen molar-refractivity contribution in [1.82, 2.24) is 9.80 Å². The van der Waals surface area contributed by atoms with Gasteiger partial charge in [0.1, 0.15) is 0 Å². The molecule has 0 atom stereocenters. The van der Waals surface area contributed by atoms with Crippen LogP contribution in [0.5, 0.6) is 0 Å². The maximum absolute atomic E-state index is 11.9. The number of carbonyl (C=O) groups is 1. The minimum atomic E-state index is -0.0286. The lowest BCUT2D eigenvalue weighted by atomic mass is 10.1. The van der Waals surface area contributed by atoms with Crippen LogP contribution in [0.3, 0.4) is 0 Å². The summed E-state index contributed by atoms with van der Waals surface area (Å²) in [6.07, 6.45) is 2.66. The van der Waals surface area contributed by atoms with Crippen LogP contribution >= 0.6 is 0 Å². The molecule has 5 heteroatoms. The Bertz CT molecular complexity index is 497. The van der Waals surface area contributed by atoms with Crippen molar-refractivity contribution in [2.75, 3.05) is 44.8 Å². The van der Waals surface area contributed by atoms with Gasteiger partial charge in [0.05, 0.1) is 11.4 Å². The van der Waals surface area contributed by atoms with Crippen LogP contribution in [0.4, 0.5) is 11.4 Å². The van der Waals surface area contributed by atoms with Gasteiger partial charge in [-0.2, -0.15) is 0 Å². The van der Waals surface area contributed by atoms with Gasteiger partial charge in [-0.15, -0.1) is 0 Å². The molecule has 5 nitrogen and oxygen atoms in total. The summed E-state index contributed by atoms with van der Waals surface area (Å²) in [7, 11) is 3.48. The van der Waals surface area contributed by atoms with Gasteiger partial charge in [0, 0.05) is 38.8 Å². The first-order chi connectivity index (χ1) is 10.0. The summed E-state index contributed by atoms with van der Waals surface area (Å²) in [5.74, 6) is -0.0286. The second kappa shape index (κ2) is 6.80. The summed E-state index contributed by atoms with van der Waals surface area (Å²) in [4.78, 5) is 15.9. The number of benzene rings is 1. The smallest absolute Gasteiger partial charge is 0.253 e. The maximum atomic E-state index is 11.9. The fourth-order valence-electron chi connectivity index (χ4n) is 2.49. The standard InChI is InChI=1S/C16H26N4O/c1-4-20(13-6-7-13)10-9-18-15-8-5-12(11-14(15)17)16(21)19(2)3/h5,8,11,13,18H,4,6-7,9-10,17H2,1-3H3. The van der Waals surface area contributed by atoms with Crippen LogP contribution in [0, 0.1) is 0 Å². The number of nitrogen functional groups attached to an aromatic ring is 1. The first-order valence-corrected chi connectivity index (χ1v) is 7.62. The van der Waals surface area contributed by atoms with E-state index in [2.05, 4.69) is 17.1 Å². The van der Waals surface area contributed by atoms with Crippen LogP contribution in [-0.2, 0) is 0 Å². The summed E-state index contributed by atoms with van der Waals surface area (Å²) < 4.78 is 0. The normalized spacial score (nSPS) is 14.3. The Balaban J connectivity index is 1.90. The Kier molecular flexibility index (Phi) is 5.07. The van der Waals surface area contributed by atoms with Gasteiger partial charge in [-0.05, 0) is 37.6 Å². The lowest BCUT2D eigenvalue weighted by Crippen LogP contribution is -2.31. The minimum absolute atomic E-state index is 0.0286. The first kappa shape index (κ1) is 15.6. The third-order valence-corrected chi connectivity index (χ3v) is 3.89. The monoisotopic (exact) mass is 290 g/mol. The number of carbonyl (C=O) groups excluding carboxylic acids is 1. The summed E-state index contributed by atoms with van der Waals surface area (Å²) in [5.41, 5.74) is 8.18. The molecule has 1 aromatic carbocycles. The van der Waals surface area contributed by atoms with E-state index in [9.17, 15) is 4.79 Å². The van der Waals surface area contributed by atoms with Crippen LogP contribution in [0.1, 0.15) is 30.1 Å². The summed E-state index contributed by atoms with van der Waals surface area (Å²) >= 11 is 0. The average Bonchev–Trinajstić information content (AvgIpc) is 3.28. The quantitative estimate of drug-likeness (QED) is 0.753. The molecule has 0 heterocycles. The topological polar surface area (TPSA) is 61.6 Å². The molecule has 0 radical (unpaired) electrons. The number of likely N-dealkylation sites (N-methyl/N-ethyl adjacent to an activating group) is 1. The molecular weight excluding hydrogens is 264 g/mol. The van der Waals surface area contributed by atoms with Gasteiger partial charge in [-0.1, -0.05) is 6.92 Å². The van der Waals surface area contributed by atoms with Crippen molar-refractivity contribution in [2.45, 2.75) is 25.8 Å². The number of hydrogen-bond donors (Lipinski definition) is 2. The average molecular weight is 290 g/mol. The predicted molar refractivity (Wildman–Crippen MR) is 87.6 cm³/mol. The van der Waals surface area contributed by atoms with Crippen LogP contribution < -0.4 is 11.1 Å². The van der Waals surface area contributed by atoms with Crippen LogP contribution in [-0.4, -0.2) is 55.5 Å². The highest BCUT2D eigenvalue weighted by Gasteiger charge is 2.27. The fraction of sp³-hybridized carbons (Fsp3) is 0.562. The zero-order valence-electron chi connectivity index (χ0n) is 13.2. The molecule has 0 aromatic heterocycles. The lowest BCUT2D eigenvalue weighted by molar-refractivity contribution is 0.0827. The summed E-state index contributed by atoms with van der Waals surface area (Å²) in [6, 6.07) is 6.23. The molecule has 3 N–H and O–H groups in total. The van der Waals surface area contributed by atoms with Crippen molar-refractivity contribution in [3.63, 3.8) is 0 Å². The number of amides is 1. The third kappa shape index (κ3) is 4.11. The van der Waals surface area contributed by atoms with Crippen LogP contribution in [0.15, 0.2) is 18.2 Å². The molecule has 1 aliphatic carbocycles. The van der Waals surface area contributed by atoms with Gasteiger partial charge in [0.2, 0.25) is 0 Å². The zero-order valence-corrected chi connectivity index (χ0v) is 13.2. The largest absolute Gasteiger partial charge is 0.397 e. The number of nitrogens with zero attached hydrogens (tertiary/aromatic N) is 2. The molecule has 1 amide bonds. The Hall–Kier alpha value is -1.75. The number of nitrogens with one attached hydrogen (secondary N) is 1. The highest BCUT2D eigenvalue weighted by Crippen LogP contribution is 2.26. The van der Waals surface area contributed by atoms with Crippen molar-refractivity contribution in [2.24, 2.45) is 0 Å². The molecule has 0 saturated heterocycles. The van der Waals surface area contributed by atoms with E-state index in [1.165, 1.54) is 12.8 Å². The van der Waals surface area contributed by atoms with E-state index in [0.717, 1.165) is 31.4 Å². The fourth-order valence-corrected chi connectivity index (χ4v) is 2.49. The van der Waals surface area contributed by atoms with Crippen molar-refractivity contribution in [3.8, 4) is 0 Å². The zero-order chi connectivity index (χ0) is 15.4. The molecular formula is C16H26N4O. The van der Waals surface area contributed by atoms with Crippen LogP contribution in [0.2, 0.25) is 0 Å². The van der Waals surface area contributed by atoms with Crippen molar-refractivity contribution >= 4 is 17.3 Å². The number of anilines is 2. The second-order valence-electron chi connectivity index (χ2n) is 5.79. The van der Waals surface area contributed by atoms with Gasteiger partial charge < -0.3 is 16.0 Å². The van der Waals surface area contributed by atoms with Crippen molar-refractivity contribution in [1.29, 1.82) is 0 Å². The Morgan fingerprint density at radius 1 is 1.38 bits per heavy atom. The summed E-state index contributed by atoms with van der Waals surface area (Å²) in [6.45, 7) is 5.20. The van der Waals surface area contributed by atoms with E-state index in [1.807, 2.05) is 12.1 Å². The molecule has 1 aliphatic rings. The number of nitrogens with two attached hydrogens (primary N) is 1. The molecule has 0 spiro atoms. The molecule has 2 rings (SSSR count). The van der Waals surface area contributed by atoms with E-state index < -0.39 is 0 Å². The van der Waals surface area contributed by atoms with E-state index in [-0.39, 0.29) is 5.91 Å². The predicted octanol–water partition coefficient (Wildman–Crippen LogP) is 1.87. The third-order valence-electron chi connectivity index (χ3n) is 3.89. The van der Waals surface area contributed by atoms with Gasteiger partial charge in [-0.25, -0.2) is 0 Å². The SMILES string of the molecule is CCN(CCNc1ccc(C(=O)N(C)C)cc1N)C1CC1. The minimum Gasteiger partial charge on any atom is -0.397 e. The molecule has 1 saturated carbocycles. The van der Waals surface area contributed by atoms with E-state index >= 15 is 0 Å². The first-order valence-electron chi connectivity index (χ1n) is 7.62. The Labute approximate surface area is 127 Å². The van der Waals surface area contributed by atoms with E-state index in [0.29, 0.717) is 11.3 Å². The molecule has 0 aliphatic heterocycles. The molecule has 1 aromatic rings. The van der Waals surface area contributed by atoms with Gasteiger partial charge in [0.15, 0.2) is 0 Å². The van der Waals surface area contributed by atoms with E-state index in [4.69, 9.17) is 5.73 Å². The van der Waals surface area contributed by atoms with Crippen molar-refractivity contribution in [3.05, 3.63) is 23.8 Å². The number of rotatable bonds is 7. The van der Waals surface area contributed by atoms with Crippen LogP contribution in [0.25, 0.3) is 0 Å². The molecule has 0 unspecified atom stereocenters. The molecule has 1 fully saturated rings. The van der Waals surface area contributed by atoms with Crippen molar-refractivity contribution < 1.29 is 4.79 Å². The van der Waals surface area contributed by atoms with E-state index in [1.54, 1.807) is 25.1 Å². The maximum Gasteiger partial charge on any atom is 0.253 e. The van der Waals surface area contributed by atoms with Gasteiger partial charge in [-0.3, -0.25) is 9.69 Å². The van der Waals surface area contributed by atoms with Gasteiger partial charge >= 0.3 is 0 Å². The molecule has 21 heavy (non-hydrogen) atoms. The van der Waals surface area contributed by atoms with Gasteiger partial charge in [0.25, 0.3) is 5.91 Å². The Morgan fingerprint density at radius 3 is 2.62 bits per heavy atom. The Morgan fingerprint density at radius 2 is 2.10 bits per heavy atom. The second-order valence-corrected chi connectivity index (χ2v) is 5.79. The number of hydrogen-bond acceptors (Lipinski definition) is 4. The highest BCUT2D eigenvalue weighted by atomic mass is 16.2. The molecule has 0 bridgehead atoms. The lowest BCUT2D eigenvalue weighted by Gasteiger charge is -2.20. The summed E-state index contributed by atoms with van der Waals surface area (Å²) in [5, 5.41) is 3.36. The highest BCUT2D eigenvalue weighted by molar-refractivity contribution is 5.95. The molecule has 116 valence electrons.